The smallest absolute Gasteiger partial charge is 0.254 e. The molecule has 0 radical (unpaired) electrons. The van der Waals surface area contributed by atoms with Crippen LogP contribution in [0, 0.1) is 5.92 Å². The summed E-state index contributed by atoms with van der Waals surface area (Å²) in [6.07, 6.45) is 1.38. The predicted octanol–water partition coefficient (Wildman–Crippen LogP) is 2.77. The van der Waals surface area contributed by atoms with Gasteiger partial charge in [-0.15, -0.1) is 0 Å². The maximum atomic E-state index is 11.6. The number of nitrogens with one attached hydrogen (secondary N) is 1. The Morgan fingerprint density at radius 2 is 2.20 bits per heavy atom. The first-order valence-corrected chi connectivity index (χ1v) is 5.35. The number of hydrogen-bond acceptors (Lipinski definition) is 2. The third kappa shape index (κ3) is 3.68. The Kier molecular flexibility index (Phi) is 4.36. The van der Waals surface area contributed by atoms with Crippen LogP contribution in [0.3, 0.4) is 0 Å². The molecule has 0 aliphatic rings. The molecule has 1 amide bonds. The molecule has 0 bridgehead atoms. The molecule has 0 fully saturated rings. The number of carbonyl (C=O) groups excluding carboxylic acids is 1. The van der Waals surface area contributed by atoms with E-state index in [1.165, 1.54) is 12.3 Å². The van der Waals surface area contributed by atoms with E-state index in [4.69, 9.17) is 23.2 Å². The Labute approximate surface area is 98.8 Å². The molecule has 15 heavy (non-hydrogen) atoms. The van der Waals surface area contributed by atoms with E-state index in [1.54, 1.807) is 0 Å². The summed E-state index contributed by atoms with van der Waals surface area (Å²) < 4.78 is 0. The number of hydrogen-bond donors (Lipinski definition) is 1. The van der Waals surface area contributed by atoms with Crippen molar-refractivity contribution in [2.24, 2.45) is 5.92 Å². The first kappa shape index (κ1) is 12.3. The molecule has 0 aliphatic carbocycles. The van der Waals surface area contributed by atoms with E-state index in [-0.39, 0.29) is 11.1 Å². The van der Waals surface area contributed by atoms with Crippen molar-refractivity contribution in [2.45, 2.75) is 13.8 Å². The summed E-state index contributed by atoms with van der Waals surface area (Å²) in [4.78, 5) is 15.4. The summed E-state index contributed by atoms with van der Waals surface area (Å²) in [5, 5.41) is 3.35. The average Bonchev–Trinajstić information content (AvgIpc) is 2.14. The van der Waals surface area contributed by atoms with Crippen LogP contribution in [0.2, 0.25) is 10.2 Å². The molecule has 0 saturated carbocycles. The highest BCUT2D eigenvalue weighted by Crippen LogP contribution is 2.18. The number of amides is 1. The summed E-state index contributed by atoms with van der Waals surface area (Å²) in [6.45, 7) is 4.64. The molecule has 5 heteroatoms. The second-order valence-electron chi connectivity index (χ2n) is 3.59. The molecule has 0 aliphatic heterocycles. The molecule has 1 rings (SSSR count). The molecule has 0 spiro atoms. The number of aromatic nitrogens is 1. The van der Waals surface area contributed by atoms with E-state index < -0.39 is 0 Å². The quantitative estimate of drug-likeness (QED) is 0.834. The molecule has 82 valence electrons. The van der Waals surface area contributed by atoms with Gasteiger partial charge >= 0.3 is 0 Å². The molecular weight excluding hydrogens is 235 g/mol. The molecule has 0 atom stereocenters. The van der Waals surface area contributed by atoms with Gasteiger partial charge in [0.25, 0.3) is 5.91 Å². The van der Waals surface area contributed by atoms with Crippen molar-refractivity contribution in [1.29, 1.82) is 0 Å². The van der Waals surface area contributed by atoms with Crippen LogP contribution in [-0.4, -0.2) is 17.4 Å². The fourth-order valence-corrected chi connectivity index (χ4v) is 1.42. The van der Waals surface area contributed by atoms with Gasteiger partial charge in [0.15, 0.2) is 0 Å². The van der Waals surface area contributed by atoms with E-state index in [2.05, 4.69) is 10.3 Å². The van der Waals surface area contributed by atoms with Gasteiger partial charge in [-0.2, -0.15) is 0 Å². The van der Waals surface area contributed by atoms with Gasteiger partial charge in [-0.05, 0) is 12.0 Å². The highest BCUT2D eigenvalue weighted by molar-refractivity contribution is 6.36. The van der Waals surface area contributed by atoms with Gasteiger partial charge in [-0.3, -0.25) is 4.79 Å². The van der Waals surface area contributed by atoms with Crippen LogP contribution in [-0.2, 0) is 0 Å². The van der Waals surface area contributed by atoms with E-state index in [1.807, 2.05) is 13.8 Å². The van der Waals surface area contributed by atoms with Crippen LogP contribution in [0.4, 0.5) is 0 Å². The molecule has 0 aromatic carbocycles. The van der Waals surface area contributed by atoms with Crippen molar-refractivity contribution in [1.82, 2.24) is 10.3 Å². The molecular formula is C10H12Cl2N2O. The van der Waals surface area contributed by atoms with Crippen LogP contribution in [0.15, 0.2) is 12.3 Å². The molecule has 0 unspecified atom stereocenters. The standard InChI is InChI=1S/C10H12Cl2N2O/c1-6(2)4-14-10(15)7-5-13-9(12)3-8(7)11/h3,5-6H,4H2,1-2H3,(H,14,15). The SMILES string of the molecule is CC(C)CNC(=O)c1cnc(Cl)cc1Cl. The molecule has 1 aromatic heterocycles. The second-order valence-corrected chi connectivity index (χ2v) is 4.39. The largest absolute Gasteiger partial charge is 0.352 e. The molecule has 1 aromatic rings. The van der Waals surface area contributed by atoms with E-state index in [0.29, 0.717) is 23.0 Å². The lowest BCUT2D eigenvalue weighted by Gasteiger charge is -2.08. The van der Waals surface area contributed by atoms with Crippen LogP contribution in [0.25, 0.3) is 0 Å². The first-order chi connectivity index (χ1) is 7.00. The zero-order valence-electron chi connectivity index (χ0n) is 8.55. The minimum absolute atomic E-state index is 0.224. The second kappa shape index (κ2) is 5.33. The molecule has 0 saturated heterocycles. The number of halogens is 2. The number of rotatable bonds is 3. The molecule has 1 N–H and O–H groups in total. The van der Waals surface area contributed by atoms with E-state index >= 15 is 0 Å². The Bertz CT molecular complexity index is 366. The lowest BCUT2D eigenvalue weighted by atomic mass is 10.2. The summed E-state index contributed by atoms with van der Waals surface area (Å²) in [6, 6.07) is 1.45. The van der Waals surface area contributed by atoms with Gasteiger partial charge in [0.05, 0.1) is 10.6 Å². The van der Waals surface area contributed by atoms with Gasteiger partial charge in [-0.1, -0.05) is 37.0 Å². The summed E-state index contributed by atoms with van der Waals surface area (Å²) in [5.74, 6) is 0.172. The minimum Gasteiger partial charge on any atom is -0.352 e. The lowest BCUT2D eigenvalue weighted by molar-refractivity contribution is 0.0949. The van der Waals surface area contributed by atoms with Gasteiger partial charge in [0, 0.05) is 12.7 Å². The maximum absolute atomic E-state index is 11.6. The summed E-state index contributed by atoms with van der Waals surface area (Å²) >= 11 is 11.5. The van der Waals surface area contributed by atoms with Crippen molar-refractivity contribution in [2.75, 3.05) is 6.54 Å². The number of carbonyl (C=O) groups is 1. The van der Waals surface area contributed by atoms with E-state index in [9.17, 15) is 4.79 Å². The summed E-state index contributed by atoms with van der Waals surface area (Å²) in [7, 11) is 0. The van der Waals surface area contributed by atoms with Crippen LogP contribution in [0.1, 0.15) is 24.2 Å². The lowest BCUT2D eigenvalue weighted by Crippen LogP contribution is -2.27. The number of pyridine rings is 1. The van der Waals surface area contributed by atoms with Crippen LogP contribution >= 0.6 is 23.2 Å². The monoisotopic (exact) mass is 246 g/mol. The third-order valence-corrected chi connectivity index (χ3v) is 2.26. The molecule has 1 heterocycles. The van der Waals surface area contributed by atoms with Gasteiger partial charge in [0.2, 0.25) is 0 Å². The van der Waals surface area contributed by atoms with Crippen molar-refractivity contribution >= 4 is 29.1 Å². The Balaban J connectivity index is 2.74. The average molecular weight is 247 g/mol. The van der Waals surface area contributed by atoms with Crippen molar-refractivity contribution in [3.8, 4) is 0 Å². The topological polar surface area (TPSA) is 42.0 Å². The van der Waals surface area contributed by atoms with E-state index in [0.717, 1.165) is 0 Å². The Morgan fingerprint density at radius 3 is 2.73 bits per heavy atom. The van der Waals surface area contributed by atoms with Crippen LogP contribution in [0.5, 0.6) is 0 Å². The zero-order valence-corrected chi connectivity index (χ0v) is 10.1. The Hall–Kier alpha value is -0.800. The minimum atomic E-state index is -0.224. The van der Waals surface area contributed by atoms with Gasteiger partial charge in [-0.25, -0.2) is 4.98 Å². The Morgan fingerprint density at radius 1 is 1.53 bits per heavy atom. The third-order valence-electron chi connectivity index (χ3n) is 1.74. The fourth-order valence-electron chi connectivity index (χ4n) is 0.967. The van der Waals surface area contributed by atoms with Gasteiger partial charge in [0.1, 0.15) is 5.15 Å². The summed E-state index contributed by atoms with van der Waals surface area (Å²) in [5.41, 5.74) is 0.349. The normalized spacial score (nSPS) is 10.5. The fraction of sp³-hybridized carbons (Fsp3) is 0.400. The molecule has 3 nitrogen and oxygen atoms in total. The highest BCUT2D eigenvalue weighted by atomic mass is 35.5. The van der Waals surface area contributed by atoms with Crippen molar-refractivity contribution in [3.05, 3.63) is 28.0 Å². The first-order valence-electron chi connectivity index (χ1n) is 4.60. The predicted molar refractivity (Wildman–Crippen MR) is 61.4 cm³/mol. The van der Waals surface area contributed by atoms with Crippen molar-refractivity contribution < 1.29 is 4.79 Å². The van der Waals surface area contributed by atoms with Crippen LogP contribution < -0.4 is 5.32 Å². The maximum Gasteiger partial charge on any atom is 0.254 e. The zero-order chi connectivity index (χ0) is 11.4. The van der Waals surface area contributed by atoms with Gasteiger partial charge < -0.3 is 5.32 Å². The number of nitrogens with zero attached hydrogens (tertiary/aromatic N) is 1. The van der Waals surface area contributed by atoms with Crippen molar-refractivity contribution in [3.63, 3.8) is 0 Å². The highest BCUT2D eigenvalue weighted by Gasteiger charge is 2.11.